The number of halogens is 2. The number of ether oxygens (including phenoxy) is 2. The molecular formula is C18H11F2NO4. The molecule has 2 aromatic carbocycles. The minimum atomic E-state index is -3.69. The van der Waals surface area contributed by atoms with E-state index in [1.54, 1.807) is 53.4 Å². The fourth-order valence-electron chi connectivity index (χ4n) is 2.71. The molecule has 25 heavy (non-hydrogen) atoms. The highest BCUT2D eigenvalue weighted by molar-refractivity contribution is 5.89. The average Bonchev–Trinajstić information content (AvgIpc) is 3.17. The van der Waals surface area contributed by atoms with Gasteiger partial charge >= 0.3 is 12.3 Å². The van der Waals surface area contributed by atoms with Gasteiger partial charge in [-0.3, -0.25) is 0 Å². The van der Waals surface area contributed by atoms with Crippen LogP contribution in [0.25, 0.3) is 16.8 Å². The van der Waals surface area contributed by atoms with Gasteiger partial charge in [-0.2, -0.15) is 0 Å². The topological polar surface area (TPSA) is 60.7 Å². The van der Waals surface area contributed by atoms with Gasteiger partial charge < -0.3 is 19.1 Å². The van der Waals surface area contributed by atoms with Crippen LogP contribution in [0.1, 0.15) is 10.4 Å². The summed E-state index contributed by atoms with van der Waals surface area (Å²) in [6.07, 6.45) is -0.307. The van der Waals surface area contributed by atoms with E-state index in [9.17, 15) is 13.6 Å². The number of benzene rings is 2. The molecule has 1 aliphatic heterocycles. The Bertz CT molecular complexity index is 981. The zero-order valence-corrected chi connectivity index (χ0v) is 12.6. The molecule has 5 nitrogen and oxygen atoms in total. The average molecular weight is 343 g/mol. The number of hydrogen-bond donors (Lipinski definition) is 1. The number of alkyl halides is 2. The van der Waals surface area contributed by atoms with E-state index in [1.807, 2.05) is 0 Å². The SMILES string of the molecule is O=C(O)c1cccc(-c2ccn(-c3cccc4c3OC(F)(F)O4)c2)c1. The molecule has 3 aromatic rings. The number of carboxylic acid groups (broad SMARTS) is 1. The van der Waals surface area contributed by atoms with Crippen molar-refractivity contribution in [3.63, 3.8) is 0 Å². The lowest BCUT2D eigenvalue weighted by Crippen LogP contribution is -2.26. The van der Waals surface area contributed by atoms with Gasteiger partial charge in [-0.25, -0.2) is 4.79 Å². The predicted molar refractivity (Wildman–Crippen MR) is 84.4 cm³/mol. The first-order chi connectivity index (χ1) is 11.9. The highest BCUT2D eigenvalue weighted by atomic mass is 19.3. The van der Waals surface area contributed by atoms with Crippen molar-refractivity contribution in [2.24, 2.45) is 0 Å². The molecule has 7 heteroatoms. The fourth-order valence-corrected chi connectivity index (χ4v) is 2.71. The second kappa shape index (κ2) is 5.34. The van der Waals surface area contributed by atoms with E-state index < -0.39 is 12.3 Å². The maximum atomic E-state index is 13.3. The highest BCUT2D eigenvalue weighted by Crippen LogP contribution is 2.44. The second-order valence-corrected chi connectivity index (χ2v) is 5.47. The summed E-state index contributed by atoms with van der Waals surface area (Å²) in [6.45, 7) is 0. The second-order valence-electron chi connectivity index (χ2n) is 5.47. The zero-order valence-electron chi connectivity index (χ0n) is 12.6. The predicted octanol–water partition coefficient (Wildman–Crippen LogP) is 4.16. The van der Waals surface area contributed by atoms with Crippen LogP contribution in [0.2, 0.25) is 0 Å². The van der Waals surface area contributed by atoms with E-state index >= 15 is 0 Å². The molecule has 2 heterocycles. The monoisotopic (exact) mass is 343 g/mol. The van der Waals surface area contributed by atoms with Crippen LogP contribution in [-0.4, -0.2) is 21.9 Å². The summed E-state index contributed by atoms with van der Waals surface area (Å²) in [5.41, 5.74) is 2.01. The molecule has 0 saturated carbocycles. The number of nitrogens with zero attached hydrogens (tertiary/aromatic N) is 1. The zero-order chi connectivity index (χ0) is 17.6. The summed E-state index contributed by atoms with van der Waals surface area (Å²) < 4.78 is 37.3. The standard InChI is InChI=1S/C18H11F2NO4/c19-18(20)24-15-6-2-5-14(16(15)25-18)21-8-7-13(10-21)11-3-1-4-12(9-11)17(22)23/h1-10H,(H,22,23). The van der Waals surface area contributed by atoms with E-state index in [-0.39, 0.29) is 17.1 Å². The molecule has 0 amide bonds. The third kappa shape index (κ3) is 2.69. The molecule has 1 aliphatic rings. The minimum absolute atomic E-state index is 0.0365. The summed E-state index contributed by atoms with van der Waals surface area (Å²) in [7, 11) is 0. The van der Waals surface area contributed by atoms with Crippen LogP contribution in [0.15, 0.2) is 60.9 Å². The Morgan fingerprint density at radius 2 is 1.84 bits per heavy atom. The lowest BCUT2D eigenvalue weighted by Gasteiger charge is -2.08. The van der Waals surface area contributed by atoms with Crippen molar-refractivity contribution >= 4 is 5.97 Å². The molecule has 0 aliphatic carbocycles. The number of carbonyl (C=O) groups is 1. The molecule has 0 spiro atoms. The number of aromatic nitrogens is 1. The Labute approximate surface area is 140 Å². The van der Waals surface area contributed by atoms with E-state index in [4.69, 9.17) is 5.11 Å². The number of aromatic carboxylic acids is 1. The third-order valence-corrected chi connectivity index (χ3v) is 3.82. The smallest absolute Gasteiger partial charge is 0.478 e. The largest absolute Gasteiger partial charge is 0.586 e. The van der Waals surface area contributed by atoms with Gasteiger partial charge in [0.25, 0.3) is 0 Å². The Morgan fingerprint density at radius 3 is 2.64 bits per heavy atom. The van der Waals surface area contributed by atoms with Gasteiger partial charge in [0.2, 0.25) is 0 Å². The van der Waals surface area contributed by atoms with Crippen molar-refractivity contribution in [2.45, 2.75) is 6.29 Å². The first-order valence-electron chi connectivity index (χ1n) is 7.34. The summed E-state index contributed by atoms with van der Waals surface area (Å²) in [5, 5.41) is 9.09. The fraction of sp³-hybridized carbons (Fsp3) is 0.0556. The molecule has 1 aromatic heterocycles. The van der Waals surface area contributed by atoms with Crippen LogP contribution in [0.5, 0.6) is 11.5 Å². The molecule has 1 N–H and O–H groups in total. The van der Waals surface area contributed by atoms with E-state index in [2.05, 4.69) is 9.47 Å². The quantitative estimate of drug-likeness (QED) is 0.776. The van der Waals surface area contributed by atoms with Gasteiger partial charge in [0.1, 0.15) is 0 Å². The van der Waals surface area contributed by atoms with Crippen molar-refractivity contribution < 1.29 is 28.2 Å². The van der Waals surface area contributed by atoms with E-state index in [0.29, 0.717) is 11.3 Å². The molecular weight excluding hydrogens is 332 g/mol. The normalized spacial score (nSPS) is 14.5. The maximum absolute atomic E-state index is 13.3. The summed E-state index contributed by atoms with van der Waals surface area (Å²) in [5.74, 6) is -1.10. The van der Waals surface area contributed by atoms with Gasteiger partial charge in [-0.05, 0) is 41.5 Å². The van der Waals surface area contributed by atoms with Crippen LogP contribution < -0.4 is 9.47 Å². The van der Waals surface area contributed by atoms with Crippen LogP contribution >= 0.6 is 0 Å². The first kappa shape index (κ1) is 15.2. The van der Waals surface area contributed by atoms with Crippen LogP contribution in [-0.2, 0) is 0 Å². The minimum Gasteiger partial charge on any atom is -0.478 e. The molecule has 0 bridgehead atoms. The number of hydrogen-bond acceptors (Lipinski definition) is 3. The molecule has 0 atom stereocenters. The molecule has 0 saturated heterocycles. The van der Waals surface area contributed by atoms with Gasteiger partial charge in [0.05, 0.1) is 11.3 Å². The van der Waals surface area contributed by atoms with Crippen molar-refractivity contribution in [3.05, 3.63) is 66.5 Å². The highest BCUT2D eigenvalue weighted by Gasteiger charge is 2.44. The number of fused-ring (bicyclic) bond motifs is 1. The van der Waals surface area contributed by atoms with Crippen molar-refractivity contribution in [2.75, 3.05) is 0 Å². The van der Waals surface area contributed by atoms with Crippen molar-refractivity contribution in [1.82, 2.24) is 4.57 Å². The van der Waals surface area contributed by atoms with E-state index in [1.165, 1.54) is 12.1 Å². The maximum Gasteiger partial charge on any atom is 0.586 e. The molecule has 0 radical (unpaired) electrons. The molecule has 126 valence electrons. The summed E-state index contributed by atoms with van der Waals surface area (Å²) in [4.78, 5) is 11.1. The van der Waals surface area contributed by atoms with Crippen LogP contribution in [0.3, 0.4) is 0 Å². The lowest BCUT2D eigenvalue weighted by molar-refractivity contribution is -0.286. The number of rotatable bonds is 3. The summed E-state index contributed by atoms with van der Waals surface area (Å²) in [6, 6.07) is 12.8. The van der Waals surface area contributed by atoms with Crippen LogP contribution in [0.4, 0.5) is 8.78 Å². The lowest BCUT2D eigenvalue weighted by atomic mass is 10.1. The van der Waals surface area contributed by atoms with Crippen molar-refractivity contribution in [1.29, 1.82) is 0 Å². The molecule has 0 unspecified atom stereocenters. The number of para-hydroxylation sites is 1. The van der Waals surface area contributed by atoms with Gasteiger partial charge in [-0.1, -0.05) is 18.2 Å². The Morgan fingerprint density at radius 1 is 1.04 bits per heavy atom. The van der Waals surface area contributed by atoms with E-state index in [0.717, 1.165) is 5.56 Å². The molecule has 0 fully saturated rings. The first-order valence-corrected chi connectivity index (χ1v) is 7.34. The van der Waals surface area contributed by atoms with Gasteiger partial charge in [0.15, 0.2) is 11.5 Å². The molecule has 4 rings (SSSR count). The number of carboxylic acids is 1. The Hall–Kier alpha value is -3.35. The van der Waals surface area contributed by atoms with Crippen molar-refractivity contribution in [3.8, 4) is 28.3 Å². The van der Waals surface area contributed by atoms with Crippen LogP contribution in [0, 0.1) is 0 Å². The summed E-state index contributed by atoms with van der Waals surface area (Å²) >= 11 is 0. The van der Waals surface area contributed by atoms with Gasteiger partial charge in [0, 0.05) is 12.4 Å². The van der Waals surface area contributed by atoms with Gasteiger partial charge in [-0.15, -0.1) is 8.78 Å². The Kier molecular flexibility index (Phi) is 3.24. The Balaban J connectivity index is 1.73. The third-order valence-electron chi connectivity index (χ3n) is 3.82.